The van der Waals surface area contributed by atoms with E-state index in [0.717, 1.165) is 31.4 Å². The van der Waals surface area contributed by atoms with Crippen molar-refractivity contribution in [3.63, 3.8) is 0 Å². The molecule has 0 saturated heterocycles. The summed E-state index contributed by atoms with van der Waals surface area (Å²) in [6.07, 6.45) is 20.1. The summed E-state index contributed by atoms with van der Waals surface area (Å²) in [6.45, 7) is 2.25. The molecule has 0 saturated carbocycles. The van der Waals surface area contributed by atoms with Crippen LogP contribution in [-0.4, -0.2) is 16.1 Å². The Morgan fingerprint density at radius 1 is 1.00 bits per heavy atom. The molecular weight excluding hydrogens is 394 g/mol. The quantitative estimate of drug-likeness (QED) is 0.334. The molecule has 1 aliphatic carbocycles. The van der Waals surface area contributed by atoms with Gasteiger partial charge in [-0.2, -0.15) is 0 Å². The molecule has 0 bridgehead atoms. The molecular formula is C29H37NO2. The molecule has 1 unspecified atom stereocenters. The van der Waals surface area contributed by atoms with Crippen LogP contribution in [0.25, 0.3) is 5.57 Å². The number of aliphatic carboxylic acids is 1. The van der Waals surface area contributed by atoms with Crippen molar-refractivity contribution < 1.29 is 9.90 Å². The van der Waals surface area contributed by atoms with Crippen LogP contribution in [-0.2, 0) is 16.6 Å². The summed E-state index contributed by atoms with van der Waals surface area (Å²) in [4.78, 5) is 15.9. The molecule has 2 aromatic rings. The summed E-state index contributed by atoms with van der Waals surface area (Å²) in [5.41, 5.74) is 4.73. The van der Waals surface area contributed by atoms with Crippen molar-refractivity contribution in [1.82, 2.24) is 4.98 Å². The fourth-order valence-corrected chi connectivity index (χ4v) is 4.54. The van der Waals surface area contributed by atoms with Crippen LogP contribution < -0.4 is 0 Å². The number of hydrogen-bond acceptors (Lipinski definition) is 2. The molecule has 1 N–H and O–H groups in total. The van der Waals surface area contributed by atoms with Crippen molar-refractivity contribution in [2.24, 2.45) is 0 Å². The molecule has 3 nitrogen and oxygen atoms in total. The van der Waals surface area contributed by atoms with Crippen LogP contribution >= 0.6 is 0 Å². The molecule has 0 aliphatic heterocycles. The minimum Gasteiger partial charge on any atom is -0.481 e. The molecule has 0 radical (unpaired) electrons. The Labute approximate surface area is 193 Å². The SMILES string of the molecule is CCCCCCCc1ccc(C2(CCCCC(=O)O)C=CC(c3ccccc3)=CC2)nc1. The zero-order valence-electron chi connectivity index (χ0n) is 19.4. The van der Waals surface area contributed by atoms with Crippen molar-refractivity contribution in [3.05, 3.63) is 83.7 Å². The van der Waals surface area contributed by atoms with Gasteiger partial charge in [0.2, 0.25) is 0 Å². The van der Waals surface area contributed by atoms with Gasteiger partial charge in [0.25, 0.3) is 0 Å². The molecule has 1 aromatic carbocycles. The molecule has 1 aliphatic rings. The third-order valence-corrected chi connectivity index (χ3v) is 6.54. The van der Waals surface area contributed by atoms with Crippen LogP contribution in [0.1, 0.15) is 88.0 Å². The number of benzene rings is 1. The van der Waals surface area contributed by atoms with Gasteiger partial charge in [0.15, 0.2) is 0 Å². The lowest BCUT2D eigenvalue weighted by molar-refractivity contribution is -0.137. The van der Waals surface area contributed by atoms with Crippen molar-refractivity contribution >= 4 is 11.5 Å². The summed E-state index contributed by atoms with van der Waals surface area (Å²) in [5.74, 6) is -0.717. The maximum Gasteiger partial charge on any atom is 0.303 e. The van der Waals surface area contributed by atoms with Gasteiger partial charge in [0, 0.05) is 18.0 Å². The first-order valence-corrected chi connectivity index (χ1v) is 12.2. The summed E-state index contributed by atoms with van der Waals surface area (Å²) >= 11 is 0. The predicted octanol–water partition coefficient (Wildman–Crippen LogP) is 7.52. The van der Waals surface area contributed by atoms with Crippen LogP contribution in [0.2, 0.25) is 0 Å². The van der Waals surface area contributed by atoms with E-state index < -0.39 is 5.97 Å². The second-order valence-electron chi connectivity index (χ2n) is 9.04. The Morgan fingerprint density at radius 2 is 1.81 bits per heavy atom. The lowest BCUT2D eigenvalue weighted by Gasteiger charge is -2.32. The van der Waals surface area contributed by atoms with E-state index in [4.69, 9.17) is 10.1 Å². The number of carboxylic acids is 1. The average molecular weight is 432 g/mol. The summed E-state index contributed by atoms with van der Waals surface area (Å²) in [5, 5.41) is 9.01. The number of nitrogens with zero attached hydrogens (tertiary/aromatic N) is 1. The van der Waals surface area contributed by atoms with Crippen molar-refractivity contribution in [3.8, 4) is 0 Å². The lowest BCUT2D eigenvalue weighted by Crippen LogP contribution is -2.26. The van der Waals surface area contributed by atoms with Crippen LogP contribution in [0.4, 0.5) is 0 Å². The Bertz CT molecular complexity index is 899. The molecule has 0 fully saturated rings. The van der Waals surface area contributed by atoms with Crippen molar-refractivity contribution in [2.75, 3.05) is 0 Å². The van der Waals surface area contributed by atoms with Crippen LogP contribution in [0.5, 0.6) is 0 Å². The maximum absolute atomic E-state index is 10.9. The highest BCUT2D eigenvalue weighted by Crippen LogP contribution is 2.39. The Hall–Kier alpha value is -2.68. The number of rotatable bonds is 13. The first kappa shape index (κ1) is 24.0. The topological polar surface area (TPSA) is 50.2 Å². The van der Waals surface area contributed by atoms with Gasteiger partial charge in [-0.1, -0.05) is 93.7 Å². The standard InChI is InChI=1S/C29H37NO2/c1-2-3-4-5-7-12-24-16-17-27(30-23-24)29(20-11-10-15-28(31)32)21-18-26(19-22-29)25-13-8-6-9-14-25/h6,8-9,13-14,16-19,21,23H,2-5,7,10-12,15,20,22H2,1H3,(H,31,32). The first-order chi connectivity index (χ1) is 15.6. The van der Waals surface area contributed by atoms with E-state index in [-0.39, 0.29) is 11.8 Å². The molecule has 32 heavy (non-hydrogen) atoms. The van der Waals surface area contributed by atoms with Gasteiger partial charge in [-0.15, -0.1) is 0 Å². The van der Waals surface area contributed by atoms with Crippen LogP contribution in [0, 0.1) is 0 Å². The van der Waals surface area contributed by atoms with Crippen LogP contribution in [0.3, 0.4) is 0 Å². The summed E-state index contributed by atoms with van der Waals surface area (Å²) in [7, 11) is 0. The highest BCUT2D eigenvalue weighted by molar-refractivity contribution is 5.75. The number of aromatic nitrogens is 1. The second-order valence-corrected chi connectivity index (χ2v) is 9.04. The number of pyridine rings is 1. The fraction of sp³-hybridized carbons (Fsp3) is 0.448. The number of hydrogen-bond donors (Lipinski definition) is 1. The minimum absolute atomic E-state index is 0.156. The number of carboxylic acid groups (broad SMARTS) is 1. The van der Waals surface area contributed by atoms with E-state index in [1.165, 1.54) is 48.8 Å². The van der Waals surface area contributed by atoms with Crippen molar-refractivity contribution in [1.29, 1.82) is 0 Å². The van der Waals surface area contributed by atoms with Gasteiger partial charge >= 0.3 is 5.97 Å². The molecule has 1 atom stereocenters. The van der Waals surface area contributed by atoms with E-state index in [1.807, 2.05) is 6.07 Å². The Kier molecular flexibility index (Phi) is 9.27. The fourth-order valence-electron chi connectivity index (χ4n) is 4.54. The van der Waals surface area contributed by atoms with Gasteiger partial charge in [-0.3, -0.25) is 9.78 Å². The van der Waals surface area contributed by atoms with Gasteiger partial charge in [0.05, 0.1) is 5.69 Å². The van der Waals surface area contributed by atoms with Crippen molar-refractivity contribution in [2.45, 2.75) is 83.0 Å². The van der Waals surface area contributed by atoms with Crippen LogP contribution in [0.15, 0.2) is 66.9 Å². The highest BCUT2D eigenvalue weighted by atomic mass is 16.4. The molecule has 170 valence electrons. The smallest absolute Gasteiger partial charge is 0.303 e. The average Bonchev–Trinajstić information content (AvgIpc) is 2.83. The Balaban J connectivity index is 1.70. The lowest BCUT2D eigenvalue weighted by atomic mass is 9.72. The van der Waals surface area contributed by atoms with Gasteiger partial charge in [0.1, 0.15) is 0 Å². The zero-order chi connectivity index (χ0) is 22.7. The molecule has 0 amide bonds. The normalized spacial score (nSPS) is 17.8. The molecule has 3 rings (SSSR count). The van der Waals surface area contributed by atoms with E-state index >= 15 is 0 Å². The van der Waals surface area contributed by atoms with E-state index in [9.17, 15) is 4.79 Å². The summed E-state index contributed by atoms with van der Waals surface area (Å²) < 4.78 is 0. The molecule has 3 heteroatoms. The predicted molar refractivity (Wildman–Crippen MR) is 133 cm³/mol. The largest absolute Gasteiger partial charge is 0.481 e. The number of allylic oxidation sites excluding steroid dienone is 4. The van der Waals surface area contributed by atoms with E-state index in [2.05, 4.69) is 67.7 Å². The van der Waals surface area contributed by atoms with E-state index in [1.54, 1.807) is 0 Å². The monoisotopic (exact) mass is 431 g/mol. The zero-order valence-corrected chi connectivity index (χ0v) is 19.4. The molecule has 1 aromatic heterocycles. The number of carbonyl (C=O) groups is 1. The Morgan fingerprint density at radius 3 is 2.47 bits per heavy atom. The minimum atomic E-state index is -0.717. The second kappa shape index (κ2) is 12.4. The third-order valence-electron chi connectivity index (χ3n) is 6.54. The van der Waals surface area contributed by atoms with Gasteiger partial charge < -0.3 is 5.11 Å². The molecule has 0 spiro atoms. The first-order valence-electron chi connectivity index (χ1n) is 12.2. The van der Waals surface area contributed by atoms with E-state index in [0.29, 0.717) is 6.42 Å². The highest BCUT2D eigenvalue weighted by Gasteiger charge is 2.31. The third kappa shape index (κ3) is 6.91. The summed E-state index contributed by atoms with van der Waals surface area (Å²) in [6, 6.07) is 14.9. The number of unbranched alkanes of at least 4 members (excludes halogenated alkanes) is 5. The number of aryl methyl sites for hydroxylation is 1. The van der Waals surface area contributed by atoms with Gasteiger partial charge in [-0.05, 0) is 54.9 Å². The maximum atomic E-state index is 10.9. The molecule has 1 heterocycles. The van der Waals surface area contributed by atoms with Gasteiger partial charge in [-0.25, -0.2) is 0 Å².